The molecule has 0 aliphatic heterocycles. The van der Waals surface area contributed by atoms with Crippen LogP contribution in [0.1, 0.15) is 12.7 Å². The summed E-state index contributed by atoms with van der Waals surface area (Å²) in [6, 6.07) is 10.4. The number of nitro groups is 1. The number of aromatic nitrogens is 1. The lowest BCUT2D eigenvalue weighted by Gasteiger charge is -2.05. The molecule has 0 aliphatic rings. The fourth-order valence-electron chi connectivity index (χ4n) is 2.31. The first-order valence-electron chi connectivity index (χ1n) is 8.26. The van der Waals surface area contributed by atoms with Crippen LogP contribution in [-0.4, -0.2) is 29.5 Å². The first kappa shape index (κ1) is 19.3. The van der Waals surface area contributed by atoms with E-state index in [4.69, 9.17) is 9.15 Å². The molecule has 2 heterocycles. The maximum Gasteiger partial charge on any atom is 0.433 e. The van der Waals surface area contributed by atoms with E-state index in [1.807, 2.05) is 36.6 Å². The van der Waals surface area contributed by atoms with Gasteiger partial charge in [-0.1, -0.05) is 12.2 Å². The van der Waals surface area contributed by atoms with Crippen molar-refractivity contribution >= 4 is 23.4 Å². The number of hydrogen-bond acceptors (Lipinski definition) is 7. The summed E-state index contributed by atoms with van der Waals surface area (Å²) in [5.41, 5.74) is 2.68. The summed E-state index contributed by atoms with van der Waals surface area (Å²) in [4.78, 5) is 15.4. The summed E-state index contributed by atoms with van der Waals surface area (Å²) in [5.74, 6) is 0.695. The number of hydrogen-bond donors (Lipinski definition) is 0. The monoisotopic (exact) mass is 398 g/mol. The molecule has 0 bridgehead atoms. The van der Waals surface area contributed by atoms with Crippen molar-refractivity contribution in [1.29, 1.82) is 0 Å². The average molecular weight is 398 g/mol. The third-order valence-electron chi connectivity index (χ3n) is 3.65. The van der Waals surface area contributed by atoms with Crippen LogP contribution in [-0.2, 0) is 0 Å². The first-order valence-corrected chi connectivity index (χ1v) is 9.14. The van der Waals surface area contributed by atoms with Crippen molar-refractivity contribution in [1.82, 2.24) is 4.68 Å². The van der Waals surface area contributed by atoms with E-state index in [0.717, 1.165) is 22.6 Å². The molecule has 0 N–H and O–H groups in total. The van der Waals surface area contributed by atoms with Crippen molar-refractivity contribution in [3.05, 3.63) is 74.6 Å². The molecule has 3 rings (SSSR count). The molecule has 0 aliphatic carbocycles. The maximum absolute atomic E-state index is 10.8. The second-order valence-electron chi connectivity index (χ2n) is 5.89. The largest absolute Gasteiger partial charge is 0.497 e. The number of furan rings is 1. The lowest BCUT2D eigenvalue weighted by Crippen LogP contribution is -2.12. The lowest BCUT2D eigenvalue weighted by atomic mass is 10.2. The highest BCUT2D eigenvalue weighted by Gasteiger charge is 2.11. The van der Waals surface area contributed by atoms with Crippen LogP contribution in [0.4, 0.5) is 5.88 Å². The number of ether oxygens (including phenoxy) is 1. The second kappa shape index (κ2) is 8.49. The van der Waals surface area contributed by atoms with Gasteiger partial charge in [-0.2, -0.15) is 5.10 Å². The lowest BCUT2D eigenvalue weighted by molar-refractivity contribution is -0.402. The smallest absolute Gasteiger partial charge is 0.433 e. The van der Waals surface area contributed by atoms with Crippen molar-refractivity contribution in [3.8, 4) is 17.0 Å². The van der Waals surface area contributed by atoms with Crippen molar-refractivity contribution in [2.24, 2.45) is 10.1 Å². The second-order valence-corrected chi connectivity index (χ2v) is 6.73. The molecule has 28 heavy (non-hydrogen) atoms. The van der Waals surface area contributed by atoms with Crippen LogP contribution in [0, 0.1) is 10.1 Å². The fourth-order valence-corrected chi connectivity index (χ4v) is 3.14. The number of methoxy groups -OCH3 is 1. The predicted molar refractivity (Wildman–Crippen MR) is 108 cm³/mol. The minimum absolute atomic E-state index is 0.275. The minimum Gasteiger partial charge on any atom is -0.497 e. The first-order chi connectivity index (χ1) is 13.5. The van der Waals surface area contributed by atoms with Gasteiger partial charge in [-0.25, -0.2) is 4.68 Å². The van der Waals surface area contributed by atoms with Crippen molar-refractivity contribution in [3.63, 3.8) is 0 Å². The van der Waals surface area contributed by atoms with Gasteiger partial charge < -0.3 is 9.15 Å². The summed E-state index contributed by atoms with van der Waals surface area (Å²) in [6.45, 7) is 6.24. The molecule has 3 aromatic rings. The summed E-state index contributed by atoms with van der Waals surface area (Å²) in [6.07, 6.45) is 1.42. The molecule has 9 heteroatoms. The molecule has 0 spiro atoms. The third kappa shape index (κ3) is 4.44. The molecule has 8 nitrogen and oxygen atoms in total. The normalized spacial score (nSPS) is 11.9. The highest BCUT2D eigenvalue weighted by molar-refractivity contribution is 7.07. The number of benzene rings is 1. The van der Waals surface area contributed by atoms with Gasteiger partial charge in [0.1, 0.15) is 10.7 Å². The summed E-state index contributed by atoms with van der Waals surface area (Å²) >= 11 is 1.44. The van der Waals surface area contributed by atoms with Gasteiger partial charge in [0.25, 0.3) is 0 Å². The molecule has 144 valence electrons. The highest BCUT2D eigenvalue weighted by atomic mass is 32.1. The average Bonchev–Trinajstić information content (AvgIpc) is 3.31. The summed E-state index contributed by atoms with van der Waals surface area (Å²) in [7, 11) is 1.61. The Morgan fingerprint density at radius 3 is 2.71 bits per heavy atom. The van der Waals surface area contributed by atoms with Crippen LogP contribution in [0.15, 0.2) is 68.4 Å². The van der Waals surface area contributed by atoms with Crippen LogP contribution in [0.25, 0.3) is 11.3 Å². The van der Waals surface area contributed by atoms with Crippen molar-refractivity contribution < 1.29 is 14.1 Å². The summed E-state index contributed by atoms with van der Waals surface area (Å²) in [5, 5.41) is 17.2. The van der Waals surface area contributed by atoms with Crippen LogP contribution in [0.3, 0.4) is 0 Å². The molecule has 1 aromatic carbocycles. The topological polar surface area (TPSA) is 95.2 Å². The Balaban J connectivity index is 2.02. The van der Waals surface area contributed by atoms with E-state index in [9.17, 15) is 10.1 Å². The molecule has 0 saturated heterocycles. The number of thiazole rings is 1. The Morgan fingerprint density at radius 1 is 1.36 bits per heavy atom. The van der Waals surface area contributed by atoms with E-state index < -0.39 is 4.92 Å². The molecule has 0 amide bonds. The fraction of sp³-hybridized carbons (Fsp3) is 0.158. The van der Waals surface area contributed by atoms with Gasteiger partial charge in [0, 0.05) is 10.9 Å². The molecule has 0 saturated carbocycles. The van der Waals surface area contributed by atoms with E-state index in [0.29, 0.717) is 11.3 Å². The molecule has 0 unspecified atom stereocenters. The zero-order valence-corrected chi connectivity index (χ0v) is 16.2. The standard InChI is InChI=1S/C19H18N4O4S/c1-13(2)10-20-19-22(21-11-16-8-9-18(27-16)23(24)25)17(12-28-19)14-4-6-15(26-3)7-5-14/h4-9,11-12H,1,10H2,2-3H3. The Labute approximate surface area is 164 Å². The van der Waals surface area contributed by atoms with Crippen LogP contribution in [0.5, 0.6) is 5.75 Å². The van der Waals surface area contributed by atoms with E-state index >= 15 is 0 Å². The van der Waals surface area contributed by atoms with Gasteiger partial charge in [-0.15, -0.1) is 11.3 Å². The van der Waals surface area contributed by atoms with Gasteiger partial charge >= 0.3 is 5.88 Å². The van der Waals surface area contributed by atoms with Crippen LogP contribution in [0.2, 0.25) is 0 Å². The molecule has 0 radical (unpaired) electrons. The maximum atomic E-state index is 10.8. The minimum atomic E-state index is -0.592. The quantitative estimate of drug-likeness (QED) is 0.259. The van der Waals surface area contributed by atoms with E-state index in [1.54, 1.807) is 11.8 Å². The van der Waals surface area contributed by atoms with Crippen LogP contribution >= 0.6 is 11.3 Å². The van der Waals surface area contributed by atoms with E-state index in [1.165, 1.54) is 29.7 Å². The Bertz CT molecular complexity index is 1090. The highest BCUT2D eigenvalue weighted by Crippen LogP contribution is 2.23. The Kier molecular flexibility index (Phi) is 5.85. The number of nitrogens with zero attached hydrogens (tertiary/aromatic N) is 4. The Hall–Kier alpha value is -3.46. The molecular weight excluding hydrogens is 380 g/mol. The van der Waals surface area contributed by atoms with Gasteiger partial charge in [0.2, 0.25) is 4.80 Å². The molecule has 0 atom stereocenters. The zero-order valence-electron chi connectivity index (χ0n) is 15.4. The van der Waals surface area contributed by atoms with Crippen molar-refractivity contribution in [2.75, 3.05) is 13.7 Å². The van der Waals surface area contributed by atoms with E-state index in [-0.39, 0.29) is 11.6 Å². The summed E-state index contributed by atoms with van der Waals surface area (Å²) < 4.78 is 12.0. The van der Waals surface area contributed by atoms with Gasteiger partial charge in [0.15, 0.2) is 5.76 Å². The predicted octanol–water partition coefficient (Wildman–Crippen LogP) is 4.09. The van der Waals surface area contributed by atoms with Gasteiger partial charge in [0.05, 0.1) is 31.6 Å². The van der Waals surface area contributed by atoms with E-state index in [2.05, 4.69) is 16.7 Å². The third-order valence-corrected chi connectivity index (χ3v) is 4.50. The number of rotatable bonds is 7. The van der Waals surface area contributed by atoms with Gasteiger partial charge in [-0.05, 0) is 37.3 Å². The van der Waals surface area contributed by atoms with Crippen LogP contribution < -0.4 is 9.54 Å². The molecule has 2 aromatic heterocycles. The van der Waals surface area contributed by atoms with Crippen molar-refractivity contribution in [2.45, 2.75) is 6.92 Å². The SMILES string of the molecule is C=C(C)CN=c1scc(-c2ccc(OC)cc2)n1N=Cc1ccc([N+](=O)[O-])o1. The molecular formula is C19H18N4O4S. The molecule has 0 fully saturated rings. The zero-order chi connectivity index (χ0) is 20.1. The van der Waals surface area contributed by atoms with Gasteiger partial charge in [-0.3, -0.25) is 15.1 Å². The Morgan fingerprint density at radius 2 is 2.11 bits per heavy atom.